The number of nitrogens with zero attached hydrogens (tertiary/aromatic N) is 2. The molecule has 2 aliphatic rings. The smallest absolute Gasteiger partial charge is 0.323 e. The van der Waals surface area contributed by atoms with Crippen LogP contribution < -0.4 is 5.32 Å². The minimum Gasteiger partial charge on any atom is -0.480 e. The first kappa shape index (κ1) is 15.1. The number of nitrogens with one attached hydrogen (secondary N) is 1. The van der Waals surface area contributed by atoms with E-state index in [1.807, 2.05) is 13.8 Å². The van der Waals surface area contributed by atoms with Gasteiger partial charge in [0.05, 0.1) is 0 Å². The number of rotatable bonds is 5. The van der Waals surface area contributed by atoms with Gasteiger partial charge in [-0.3, -0.25) is 9.69 Å². The van der Waals surface area contributed by atoms with E-state index in [0.717, 1.165) is 25.9 Å². The van der Waals surface area contributed by atoms with E-state index in [-0.39, 0.29) is 24.5 Å². The second-order valence-corrected chi connectivity index (χ2v) is 6.26. The Morgan fingerprint density at radius 1 is 1.35 bits per heavy atom. The second kappa shape index (κ2) is 6.43. The highest BCUT2D eigenvalue weighted by molar-refractivity contribution is 5.80. The summed E-state index contributed by atoms with van der Waals surface area (Å²) >= 11 is 0. The maximum absolute atomic E-state index is 12.3. The van der Waals surface area contributed by atoms with Crippen molar-refractivity contribution >= 4 is 12.0 Å². The molecular formula is C14H25N3O3. The van der Waals surface area contributed by atoms with E-state index in [9.17, 15) is 9.59 Å². The number of urea groups is 1. The Bertz CT molecular complexity index is 373. The van der Waals surface area contributed by atoms with E-state index in [2.05, 4.69) is 10.2 Å². The van der Waals surface area contributed by atoms with Gasteiger partial charge in [0.1, 0.15) is 6.54 Å². The van der Waals surface area contributed by atoms with Crippen LogP contribution >= 0.6 is 0 Å². The summed E-state index contributed by atoms with van der Waals surface area (Å²) in [6.07, 6.45) is 3.30. The van der Waals surface area contributed by atoms with Crippen LogP contribution in [0.15, 0.2) is 0 Å². The van der Waals surface area contributed by atoms with Crippen LogP contribution in [-0.4, -0.2) is 65.2 Å². The van der Waals surface area contributed by atoms with E-state index in [0.29, 0.717) is 12.6 Å². The van der Waals surface area contributed by atoms with Gasteiger partial charge in [-0.15, -0.1) is 0 Å². The topological polar surface area (TPSA) is 72.9 Å². The van der Waals surface area contributed by atoms with E-state index >= 15 is 0 Å². The van der Waals surface area contributed by atoms with Crippen molar-refractivity contribution in [3.05, 3.63) is 0 Å². The van der Waals surface area contributed by atoms with Crippen LogP contribution in [0.25, 0.3) is 0 Å². The van der Waals surface area contributed by atoms with Gasteiger partial charge in [0, 0.05) is 25.2 Å². The molecule has 2 atom stereocenters. The van der Waals surface area contributed by atoms with Crippen LogP contribution in [0, 0.1) is 5.92 Å². The van der Waals surface area contributed by atoms with Crippen molar-refractivity contribution in [2.24, 2.45) is 5.92 Å². The molecule has 0 aromatic carbocycles. The minimum atomic E-state index is -0.963. The number of carboxylic acids is 1. The summed E-state index contributed by atoms with van der Waals surface area (Å²) in [5, 5.41) is 12.0. The van der Waals surface area contributed by atoms with Gasteiger partial charge in [0.2, 0.25) is 0 Å². The van der Waals surface area contributed by atoms with Crippen LogP contribution in [0.5, 0.6) is 0 Å². The summed E-state index contributed by atoms with van der Waals surface area (Å²) in [6, 6.07) is 0.387. The molecule has 2 N–H and O–H groups in total. The lowest BCUT2D eigenvalue weighted by Crippen LogP contribution is -2.50. The molecule has 0 aromatic heterocycles. The Labute approximate surface area is 120 Å². The van der Waals surface area contributed by atoms with Gasteiger partial charge in [-0.1, -0.05) is 13.8 Å². The van der Waals surface area contributed by atoms with Gasteiger partial charge in [0.15, 0.2) is 0 Å². The Hall–Kier alpha value is -1.30. The fourth-order valence-electron chi connectivity index (χ4n) is 3.32. The summed E-state index contributed by atoms with van der Waals surface area (Å²) in [6.45, 7) is 6.37. The lowest BCUT2D eigenvalue weighted by atomic mass is 10.1. The molecule has 0 radical (unpaired) electrons. The second-order valence-electron chi connectivity index (χ2n) is 6.26. The van der Waals surface area contributed by atoms with Crippen molar-refractivity contribution in [1.82, 2.24) is 15.1 Å². The normalized spacial score (nSPS) is 25.8. The third-order valence-corrected chi connectivity index (χ3v) is 4.11. The van der Waals surface area contributed by atoms with Crippen molar-refractivity contribution in [2.75, 3.05) is 26.2 Å². The molecule has 2 amide bonds. The molecule has 114 valence electrons. The van der Waals surface area contributed by atoms with Gasteiger partial charge in [-0.05, 0) is 31.7 Å². The molecule has 2 saturated heterocycles. The van der Waals surface area contributed by atoms with Gasteiger partial charge < -0.3 is 15.3 Å². The lowest BCUT2D eigenvalue weighted by Gasteiger charge is -2.27. The summed E-state index contributed by atoms with van der Waals surface area (Å²) in [4.78, 5) is 27.0. The first-order valence-electron chi connectivity index (χ1n) is 7.48. The number of hydrogen-bond donors (Lipinski definition) is 2. The van der Waals surface area contributed by atoms with Crippen LogP contribution in [0.1, 0.15) is 33.1 Å². The Balaban J connectivity index is 1.92. The van der Waals surface area contributed by atoms with Crippen LogP contribution in [0.4, 0.5) is 4.79 Å². The molecule has 20 heavy (non-hydrogen) atoms. The number of carboxylic acid groups (broad SMARTS) is 1. The monoisotopic (exact) mass is 283 g/mol. The molecule has 0 saturated carbocycles. The molecule has 2 fully saturated rings. The highest BCUT2D eigenvalue weighted by Gasteiger charge is 2.38. The summed E-state index contributed by atoms with van der Waals surface area (Å²) in [5.74, 6) is -0.707. The van der Waals surface area contributed by atoms with Crippen molar-refractivity contribution < 1.29 is 14.7 Å². The predicted octanol–water partition coefficient (Wildman–Crippen LogP) is 0.975. The Morgan fingerprint density at radius 3 is 2.75 bits per heavy atom. The summed E-state index contributed by atoms with van der Waals surface area (Å²) < 4.78 is 0. The summed E-state index contributed by atoms with van der Waals surface area (Å²) in [7, 11) is 0. The average Bonchev–Trinajstić information content (AvgIpc) is 2.91. The zero-order chi connectivity index (χ0) is 14.7. The largest absolute Gasteiger partial charge is 0.480 e. The van der Waals surface area contributed by atoms with Crippen molar-refractivity contribution in [1.29, 1.82) is 0 Å². The predicted molar refractivity (Wildman–Crippen MR) is 75.6 cm³/mol. The molecule has 0 bridgehead atoms. The molecule has 6 nitrogen and oxygen atoms in total. The third-order valence-electron chi connectivity index (χ3n) is 4.11. The number of carbonyl (C=O) groups excluding carboxylic acids is 1. The lowest BCUT2D eigenvalue weighted by molar-refractivity contribution is -0.137. The molecule has 2 rings (SSSR count). The maximum Gasteiger partial charge on any atom is 0.323 e. The van der Waals surface area contributed by atoms with E-state index < -0.39 is 5.97 Å². The molecule has 0 aromatic rings. The Kier molecular flexibility index (Phi) is 4.86. The van der Waals surface area contributed by atoms with Crippen molar-refractivity contribution in [3.8, 4) is 0 Å². The zero-order valence-corrected chi connectivity index (χ0v) is 12.3. The number of carbonyl (C=O) groups is 2. The Morgan fingerprint density at radius 2 is 2.10 bits per heavy atom. The van der Waals surface area contributed by atoms with Gasteiger partial charge in [-0.2, -0.15) is 0 Å². The van der Waals surface area contributed by atoms with Gasteiger partial charge in [0.25, 0.3) is 0 Å². The fraction of sp³-hybridized carbons (Fsp3) is 0.857. The first-order chi connectivity index (χ1) is 9.47. The minimum absolute atomic E-state index is 0.174. The van der Waals surface area contributed by atoms with E-state index in [1.54, 1.807) is 0 Å². The molecule has 2 unspecified atom stereocenters. The molecule has 2 aliphatic heterocycles. The molecule has 0 spiro atoms. The average molecular weight is 283 g/mol. The summed E-state index contributed by atoms with van der Waals surface area (Å²) in [5.41, 5.74) is 0. The number of amides is 2. The van der Waals surface area contributed by atoms with Crippen LogP contribution in [-0.2, 0) is 4.79 Å². The quantitative estimate of drug-likeness (QED) is 0.789. The first-order valence-corrected chi connectivity index (χ1v) is 7.48. The van der Waals surface area contributed by atoms with E-state index in [4.69, 9.17) is 5.11 Å². The van der Waals surface area contributed by atoms with E-state index in [1.165, 1.54) is 11.3 Å². The fourth-order valence-corrected chi connectivity index (χ4v) is 3.32. The molecule has 2 heterocycles. The zero-order valence-electron chi connectivity index (χ0n) is 12.3. The van der Waals surface area contributed by atoms with Gasteiger partial charge >= 0.3 is 12.0 Å². The number of aliphatic carboxylic acids is 1. The maximum atomic E-state index is 12.3. The molecule has 0 aliphatic carbocycles. The third kappa shape index (κ3) is 3.62. The molecule has 6 heteroatoms. The molecular weight excluding hydrogens is 258 g/mol. The van der Waals surface area contributed by atoms with Gasteiger partial charge in [-0.25, -0.2) is 4.79 Å². The highest BCUT2D eigenvalue weighted by atomic mass is 16.4. The van der Waals surface area contributed by atoms with Crippen LogP contribution in [0.3, 0.4) is 0 Å². The van der Waals surface area contributed by atoms with Crippen molar-refractivity contribution in [3.63, 3.8) is 0 Å². The standard InChI is InChI=1S/C14H25N3O3/c1-10(2)8-17(9-13(18)19)14(20)15-11-5-7-16-6-3-4-12(11)16/h10-12H,3-9H2,1-2H3,(H,15,20)(H,18,19). The highest BCUT2D eigenvalue weighted by Crippen LogP contribution is 2.27. The SMILES string of the molecule is CC(C)CN(CC(=O)O)C(=O)NC1CCN2CCCC12. The number of fused-ring (bicyclic) bond motifs is 1. The number of hydrogen-bond acceptors (Lipinski definition) is 3. The van der Waals surface area contributed by atoms with Crippen LogP contribution in [0.2, 0.25) is 0 Å². The van der Waals surface area contributed by atoms with Crippen molar-refractivity contribution in [2.45, 2.75) is 45.2 Å².